The van der Waals surface area contributed by atoms with E-state index in [-0.39, 0.29) is 10.2 Å². The van der Waals surface area contributed by atoms with E-state index in [1.54, 1.807) is 18.3 Å². The molecule has 0 radical (unpaired) electrons. The van der Waals surface area contributed by atoms with Gasteiger partial charge in [-0.05, 0) is 30.2 Å². The summed E-state index contributed by atoms with van der Waals surface area (Å²) in [5, 5.41) is 9.78. The zero-order chi connectivity index (χ0) is 16.6. The molecule has 116 valence electrons. The fourth-order valence-electron chi connectivity index (χ4n) is 2.24. The van der Waals surface area contributed by atoms with Crippen LogP contribution in [0.1, 0.15) is 11.1 Å². The molecule has 9 heteroatoms. The highest BCUT2D eigenvalue weighted by molar-refractivity contribution is 7.92. The number of benzene rings is 1. The number of anilines is 1. The number of rotatable bonds is 3. The largest absolute Gasteiger partial charge is 0.358 e. The summed E-state index contributed by atoms with van der Waals surface area (Å²) >= 11 is 5.56. The smallest absolute Gasteiger partial charge is 0.265 e. The maximum atomic E-state index is 12.4. The van der Waals surface area contributed by atoms with Crippen molar-refractivity contribution in [1.82, 2.24) is 15.0 Å². The Morgan fingerprint density at radius 3 is 2.65 bits per heavy atom. The van der Waals surface area contributed by atoms with Gasteiger partial charge in [-0.2, -0.15) is 5.26 Å². The van der Waals surface area contributed by atoms with Crippen molar-refractivity contribution in [3.8, 4) is 6.07 Å². The number of aromatic nitrogens is 3. The Morgan fingerprint density at radius 2 is 2.00 bits per heavy atom. The number of nitriles is 1. The number of hydrogen-bond acceptors (Lipinski definition) is 5. The molecule has 7 nitrogen and oxygen atoms in total. The van der Waals surface area contributed by atoms with E-state index in [0.29, 0.717) is 22.2 Å². The summed E-state index contributed by atoms with van der Waals surface area (Å²) < 4.78 is 27.3. The van der Waals surface area contributed by atoms with Gasteiger partial charge in [-0.25, -0.2) is 18.4 Å². The number of nitrogens with zero attached hydrogens (tertiary/aromatic N) is 3. The van der Waals surface area contributed by atoms with Crippen molar-refractivity contribution in [3.63, 3.8) is 0 Å². The van der Waals surface area contributed by atoms with Crippen LogP contribution in [0.3, 0.4) is 0 Å². The fourth-order valence-corrected chi connectivity index (χ4v) is 3.29. The first kappa shape index (κ1) is 15.3. The van der Waals surface area contributed by atoms with E-state index < -0.39 is 10.0 Å². The number of aromatic amines is 1. The second kappa shape index (κ2) is 5.53. The lowest BCUT2D eigenvalue weighted by molar-refractivity contribution is 0.600. The highest BCUT2D eigenvalue weighted by atomic mass is 35.5. The molecule has 0 atom stereocenters. The third kappa shape index (κ3) is 2.72. The molecule has 2 heterocycles. The number of aryl methyl sites for hydroxylation is 1. The summed E-state index contributed by atoms with van der Waals surface area (Å²) in [4.78, 5) is 10.2. The van der Waals surface area contributed by atoms with Crippen LogP contribution in [0.4, 0.5) is 5.69 Å². The summed E-state index contributed by atoms with van der Waals surface area (Å²) in [7, 11) is -3.87. The molecule has 0 spiro atoms. The highest BCUT2D eigenvalue weighted by Crippen LogP contribution is 2.29. The van der Waals surface area contributed by atoms with E-state index in [2.05, 4.69) is 25.7 Å². The van der Waals surface area contributed by atoms with Crippen molar-refractivity contribution in [2.75, 3.05) is 4.72 Å². The van der Waals surface area contributed by atoms with Crippen LogP contribution in [0.25, 0.3) is 10.9 Å². The van der Waals surface area contributed by atoms with Crippen molar-refractivity contribution >= 4 is 38.2 Å². The highest BCUT2D eigenvalue weighted by Gasteiger charge is 2.18. The fraction of sp³-hybridized carbons (Fsp3) is 0.0714. The minimum absolute atomic E-state index is 0.0373. The molecule has 3 rings (SSSR count). The van der Waals surface area contributed by atoms with Crippen molar-refractivity contribution in [2.45, 2.75) is 11.8 Å². The van der Waals surface area contributed by atoms with Crippen LogP contribution in [0.15, 0.2) is 35.6 Å². The topological polar surface area (TPSA) is 112 Å². The van der Waals surface area contributed by atoms with Gasteiger partial charge in [0.25, 0.3) is 10.0 Å². The number of sulfonamides is 1. The van der Waals surface area contributed by atoms with Crippen LogP contribution in [0, 0.1) is 18.3 Å². The lowest BCUT2D eigenvalue weighted by atomic mass is 10.1. The molecule has 2 N–H and O–H groups in total. The number of nitrogens with one attached hydrogen (secondary N) is 2. The molecular formula is C14H10ClN5O2S. The molecule has 0 bridgehead atoms. The van der Waals surface area contributed by atoms with Gasteiger partial charge in [-0.3, -0.25) is 4.72 Å². The Labute approximate surface area is 137 Å². The van der Waals surface area contributed by atoms with Crippen LogP contribution >= 0.6 is 11.6 Å². The summed E-state index contributed by atoms with van der Waals surface area (Å²) in [5.74, 6) is 0. The molecule has 0 amide bonds. The van der Waals surface area contributed by atoms with Gasteiger partial charge >= 0.3 is 0 Å². The van der Waals surface area contributed by atoms with Gasteiger partial charge in [0.05, 0.1) is 29.2 Å². The minimum atomic E-state index is -3.87. The zero-order valence-electron chi connectivity index (χ0n) is 11.8. The molecule has 0 aliphatic heterocycles. The summed E-state index contributed by atoms with van der Waals surface area (Å²) in [6, 6.07) is 5.45. The minimum Gasteiger partial charge on any atom is -0.358 e. The molecule has 0 aliphatic carbocycles. The Balaban J connectivity index is 2.08. The first-order valence-corrected chi connectivity index (χ1v) is 8.29. The zero-order valence-corrected chi connectivity index (χ0v) is 13.4. The van der Waals surface area contributed by atoms with Crippen molar-refractivity contribution in [3.05, 3.63) is 47.1 Å². The van der Waals surface area contributed by atoms with Crippen molar-refractivity contribution in [2.24, 2.45) is 0 Å². The predicted molar refractivity (Wildman–Crippen MR) is 85.6 cm³/mol. The maximum Gasteiger partial charge on any atom is 0.265 e. The number of hydrogen-bond donors (Lipinski definition) is 2. The Bertz CT molecular complexity index is 1040. The van der Waals surface area contributed by atoms with Gasteiger partial charge < -0.3 is 4.98 Å². The molecule has 0 unspecified atom stereocenters. The molecule has 0 saturated carbocycles. The van der Waals surface area contributed by atoms with Crippen LogP contribution in [-0.4, -0.2) is 23.4 Å². The normalized spacial score (nSPS) is 11.3. The molecule has 0 saturated heterocycles. The molecule has 0 fully saturated rings. The van der Waals surface area contributed by atoms with Gasteiger partial charge in [0.15, 0.2) is 0 Å². The standard InChI is InChI=1S/C14H10ClN5O2S/c1-8-2-3-11(13-12(8)9(4-16)5-17-13)20-23(21,22)10-6-18-14(15)19-7-10/h2-3,5-7,17,20H,1H3. The van der Waals surface area contributed by atoms with E-state index in [1.807, 2.05) is 6.92 Å². The van der Waals surface area contributed by atoms with Crippen LogP contribution in [-0.2, 0) is 10.0 Å². The van der Waals surface area contributed by atoms with Crippen molar-refractivity contribution < 1.29 is 8.42 Å². The number of fused-ring (bicyclic) bond motifs is 1. The summed E-state index contributed by atoms with van der Waals surface area (Å²) in [6.07, 6.45) is 3.79. The van der Waals surface area contributed by atoms with E-state index >= 15 is 0 Å². The van der Waals surface area contributed by atoms with Crippen LogP contribution < -0.4 is 4.72 Å². The third-order valence-electron chi connectivity index (χ3n) is 3.32. The molecule has 3 aromatic rings. The predicted octanol–water partition coefficient (Wildman–Crippen LogP) is 2.59. The van der Waals surface area contributed by atoms with E-state index in [0.717, 1.165) is 18.0 Å². The Kier molecular flexibility index (Phi) is 3.67. The SMILES string of the molecule is Cc1ccc(NS(=O)(=O)c2cnc(Cl)nc2)c2[nH]cc(C#N)c12. The van der Waals surface area contributed by atoms with E-state index in [1.165, 1.54) is 0 Å². The quantitative estimate of drug-likeness (QED) is 0.707. The lowest BCUT2D eigenvalue weighted by Crippen LogP contribution is -2.14. The van der Waals surface area contributed by atoms with E-state index in [4.69, 9.17) is 16.9 Å². The second-order valence-electron chi connectivity index (χ2n) is 4.79. The van der Waals surface area contributed by atoms with Gasteiger partial charge in [0.2, 0.25) is 5.28 Å². The molecule has 2 aromatic heterocycles. The number of halogens is 1. The molecule has 23 heavy (non-hydrogen) atoms. The molecule has 0 aliphatic rings. The van der Waals surface area contributed by atoms with Gasteiger partial charge in [0, 0.05) is 11.6 Å². The lowest BCUT2D eigenvalue weighted by Gasteiger charge is -2.09. The monoisotopic (exact) mass is 347 g/mol. The van der Waals surface area contributed by atoms with Crippen LogP contribution in [0.2, 0.25) is 5.28 Å². The maximum absolute atomic E-state index is 12.4. The Hall–Kier alpha value is -2.63. The average Bonchev–Trinajstić information content (AvgIpc) is 2.95. The summed E-state index contributed by atoms with van der Waals surface area (Å²) in [6.45, 7) is 1.85. The first-order chi connectivity index (χ1) is 10.9. The Morgan fingerprint density at radius 1 is 1.30 bits per heavy atom. The van der Waals surface area contributed by atoms with Gasteiger partial charge in [-0.15, -0.1) is 0 Å². The van der Waals surface area contributed by atoms with E-state index in [9.17, 15) is 8.42 Å². The van der Waals surface area contributed by atoms with Crippen LogP contribution in [0.5, 0.6) is 0 Å². The molecular weight excluding hydrogens is 338 g/mol. The van der Waals surface area contributed by atoms with Crippen molar-refractivity contribution in [1.29, 1.82) is 5.26 Å². The average molecular weight is 348 g/mol. The van der Waals surface area contributed by atoms with Gasteiger partial charge in [-0.1, -0.05) is 6.07 Å². The second-order valence-corrected chi connectivity index (χ2v) is 6.81. The summed E-state index contributed by atoms with van der Waals surface area (Å²) in [5.41, 5.74) is 2.20. The number of H-pyrrole nitrogens is 1. The molecule has 1 aromatic carbocycles. The van der Waals surface area contributed by atoms with Gasteiger partial charge in [0.1, 0.15) is 11.0 Å². The third-order valence-corrected chi connectivity index (χ3v) is 4.83. The first-order valence-electron chi connectivity index (χ1n) is 6.43.